The summed E-state index contributed by atoms with van der Waals surface area (Å²) in [7, 11) is -6.49. The fourth-order valence-corrected chi connectivity index (χ4v) is 6.86. The van der Waals surface area contributed by atoms with E-state index in [4.69, 9.17) is 9.15 Å². The number of methoxy groups -OCH3 is 1. The molecule has 0 saturated carbocycles. The first kappa shape index (κ1) is 20.6. The number of aryl methyl sites for hydroxylation is 1. The summed E-state index contributed by atoms with van der Waals surface area (Å²) in [6, 6.07) is 10.9. The van der Waals surface area contributed by atoms with Gasteiger partial charge in [-0.15, -0.1) is 11.3 Å². The normalized spacial score (nSPS) is 13.4. The zero-order valence-corrected chi connectivity index (χ0v) is 17.6. The van der Waals surface area contributed by atoms with Gasteiger partial charge in [-0.3, -0.25) is 0 Å². The van der Waals surface area contributed by atoms with Crippen molar-refractivity contribution >= 4 is 31.2 Å². The summed E-state index contributed by atoms with van der Waals surface area (Å²) in [5, 5.41) is 0.445. The van der Waals surface area contributed by atoms with Crippen LogP contribution in [0.3, 0.4) is 0 Å². The topological polar surface area (TPSA) is 103 Å². The molecule has 0 fully saturated rings. The third-order valence-corrected chi connectivity index (χ3v) is 9.01. The SMILES string of the molecule is COc1ccc(C)cc1S(=O)(=O)NC[C@@H](c1ccco1)S(=O)(=O)c1cccs1. The van der Waals surface area contributed by atoms with Crippen molar-refractivity contribution in [2.45, 2.75) is 21.3 Å². The first-order valence-electron chi connectivity index (χ1n) is 8.21. The summed E-state index contributed by atoms with van der Waals surface area (Å²) in [5.41, 5.74) is 0.731. The van der Waals surface area contributed by atoms with Crippen molar-refractivity contribution in [1.29, 1.82) is 0 Å². The molecule has 0 aliphatic rings. The lowest BCUT2D eigenvalue weighted by Gasteiger charge is -2.17. The van der Waals surface area contributed by atoms with Crippen LogP contribution in [0.5, 0.6) is 5.75 Å². The van der Waals surface area contributed by atoms with Crippen LogP contribution in [0.4, 0.5) is 0 Å². The van der Waals surface area contributed by atoms with Crippen molar-refractivity contribution < 1.29 is 26.0 Å². The molecule has 0 amide bonds. The van der Waals surface area contributed by atoms with Crippen molar-refractivity contribution in [3.05, 3.63) is 65.4 Å². The van der Waals surface area contributed by atoms with Gasteiger partial charge in [0.1, 0.15) is 25.9 Å². The van der Waals surface area contributed by atoms with Crippen LogP contribution in [0.25, 0.3) is 0 Å². The number of sulfone groups is 1. The van der Waals surface area contributed by atoms with Crippen LogP contribution in [0, 0.1) is 6.92 Å². The second-order valence-electron chi connectivity index (χ2n) is 5.99. The number of thiophene rings is 1. The van der Waals surface area contributed by atoms with Gasteiger partial charge in [-0.1, -0.05) is 12.1 Å². The van der Waals surface area contributed by atoms with E-state index in [2.05, 4.69) is 4.72 Å². The summed E-state index contributed by atoms with van der Waals surface area (Å²) in [6.07, 6.45) is 1.35. The Morgan fingerprint density at radius 3 is 2.54 bits per heavy atom. The second kappa shape index (κ2) is 8.08. The van der Waals surface area contributed by atoms with E-state index >= 15 is 0 Å². The number of hydrogen-bond acceptors (Lipinski definition) is 7. The van der Waals surface area contributed by atoms with E-state index in [1.807, 2.05) is 0 Å². The molecule has 10 heteroatoms. The molecule has 1 atom stereocenters. The maximum Gasteiger partial charge on any atom is 0.244 e. The van der Waals surface area contributed by atoms with Crippen molar-refractivity contribution in [3.63, 3.8) is 0 Å². The second-order valence-corrected chi connectivity index (χ2v) is 11.0. The lowest BCUT2D eigenvalue weighted by Crippen LogP contribution is -2.32. The Balaban J connectivity index is 1.94. The standard InChI is InChI=1S/C18H19NO6S3/c1-13-7-8-14(24-2)16(11-13)28(22,23)19-12-17(15-5-3-9-25-15)27(20,21)18-6-4-10-26-18/h3-11,17,19H,12H2,1-2H3/t17-/m0/s1. The smallest absolute Gasteiger partial charge is 0.244 e. The lowest BCUT2D eigenvalue weighted by molar-refractivity contribution is 0.402. The Kier molecular flexibility index (Phi) is 5.94. The highest BCUT2D eigenvalue weighted by Gasteiger charge is 2.34. The molecule has 1 N–H and O–H groups in total. The van der Waals surface area contributed by atoms with E-state index in [1.54, 1.807) is 36.6 Å². The molecule has 0 aliphatic heterocycles. The highest BCUT2D eigenvalue weighted by atomic mass is 32.2. The van der Waals surface area contributed by atoms with E-state index in [-0.39, 0.29) is 27.2 Å². The number of ether oxygens (including phenoxy) is 1. The summed E-state index contributed by atoms with van der Waals surface area (Å²) in [4.78, 5) is -0.0540. The molecular weight excluding hydrogens is 422 g/mol. The molecule has 3 rings (SSSR count). The summed E-state index contributed by atoms with van der Waals surface area (Å²) in [6.45, 7) is 1.37. The van der Waals surface area contributed by atoms with Gasteiger partial charge in [-0.05, 0) is 48.2 Å². The monoisotopic (exact) mass is 441 g/mol. The zero-order valence-electron chi connectivity index (χ0n) is 15.2. The number of benzene rings is 1. The Morgan fingerprint density at radius 1 is 1.14 bits per heavy atom. The molecule has 3 aromatic rings. The third kappa shape index (κ3) is 4.14. The average molecular weight is 442 g/mol. The lowest BCUT2D eigenvalue weighted by atomic mass is 10.2. The first-order valence-corrected chi connectivity index (χ1v) is 12.1. The molecule has 28 heavy (non-hydrogen) atoms. The number of sulfonamides is 1. The molecule has 2 heterocycles. The largest absolute Gasteiger partial charge is 0.495 e. The highest BCUT2D eigenvalue weighted by Crippen LogP contribution is 2.32. The quantitative estimate of drug-likeness (QED) is 0.576. The minimum Gasteiger partial charge on any atom is -0.495 e. The maximum atomic E-state index is 13.0. The van der Waals surface area contributed by atoms with Crippen LogP contribution < -0.4 is 9.46 Å². The molecule has 0 radical (unpaired) electrons. The fourth-order valence-electron chi connectivity index (χ4n) is 2.66. The van der Waals surface area contributed by atoms with Crippen molar-refractivity contribution in [3.8, 4) is 5.75 Å². The minimum atomic E-state index is -4.02. The molecule has 150 valence electrons. The molecular formula is C18H19NO6S3. The van der Waals surface area contributed by atoms with Gasteiger partial charge in [0.2, 0.25) is 10.0 Å². The molecule has 0 aliphatic carbocycles. The minimum absolute atomic E-state index is 0.0540. The number of rotatable bonds is 8. The molecule has 0 saturated heterocycles. The van der Waals surface area contributed by atoms with E-state index in [1.165, 1.54) is 31.6 Å². The molecule has 1 aromatic carbocycles. The van der Waals surface area contributed by atoms with Gasteiger partial charge in [0, 0.05) is 6.54 Å². The van der Waals surface area contributed by atoms with E-state index < -0.39 is 25.1 Å². The Morgan fingerprint density at radius 2 is 1.93 bits per heavy atom. The fraction of sp³-hybridized carbons (Fsp3) is 0.222. The molecule has 0 spiro atoms. The van der Waals surface area contributed by atoms with E-state index in [0.29, 0.717) is 0 Å². The predicted octanol–water partition coefficient (Wildman–Crippen LogP) is 3.15. The van der Waals surface area contributed by atoms with Crippen LogP contribution >= 0.6 is 11.3 Å². The first-order chi connectivity index (χ1) is 13.3. The molecule has 0 bridgehead atoms. The van der Waals surface area contributed by atoms with Crippen LogP contribution in [-0.2, 0) is 19.9 Å². The zero-order chi connectivity index (χ0) is 20.4. The van der Waals surface area contributed by atoms with Crippen LogP contribution in [0.1, 0.15) is 16.6 Å². The Labute approximate surface area is 167 Å². The van der Waals surface area contributed by atoms with Gasteiger partial charge < -0.3 is 9.15 Å². The van der Waals surface area contributed by atoms with Gasteiger partial charge in [0.05, 0.1) is 13.4 Å². The molecule has 0 unspecified atom stereocenters. The Hall–Kier alpha value is -2.14. The highest BCUT2D eigenvalue weighted by molar-refractivity contribution is 7.93. The van der Waals surface area contributed by atoms with Gasteiger partial charge in [-0.2, -0.15) is 0 Å². The van der Waals surface area contributed by atoms with E-state index in [0.717, 1.165) is 16.9 Å². The molecule has 7 nitrogen and oxygen atoms in total. The van der Waals surface area contributed by atoms with E-state index in [9.17, 15) is 16.8 Å². The van der Waals surface area contributed by atoms with Crippen LogP contribution in [-0.4, -0.2) is 30.5 Å². The Bertz CT molecular complexity index is 1130. The summed E-state index contributed by atoms with van der Waals surface area (Å²) in [5.74, 6) is 0.334. The van der Waals surface area contributed by atoms with Gasteiger partial charge >= 0.3 is 0 Å². The van der Waals surface area contributed by atoms with Crippen molar-refractivity contribution in [1.82, 2.24) is 4.72 Å². The van der Waals surface area contributed by atoms with Crippen LogP contribution in [0.15, 0.2) is 67.6 Å². The predicted molar refractivity (Wildman–Crippen MR) is 106 cm³/mol. The van der Waals surface area contributed by atoms with Crippen molar-refractivity contribution in [2.75, 3.05) is 13.7 Å². The van der Waals surface area contributed by atoms with Gasteiger partial charge in [0.25, 0.3) is 0 Å². The van der Waals surface area contributed by atoms with Gasteiger partial charge in [-0.25, -0.2) is 21.6 Å². The average Bonchev–Trinajstić information content (AvgIpc) is 3.36. The molecule has 2 aromatic heterocycles. The van der Waals surface area contributed by atoms with Crippen molar-refractivity contribution in [2.24, 2.45) is 0 Å². The van der Waals surface area contributed by atoms with Gasteiger partial charge in [0.15, 0.2) is 9.84 Å². The number of nitrogens with one attached hydrogen (secondary N) is 1. The summed E-state index contributed by atoms with van der Waals surface area (Å²) < 4.78 is 64.7. The third-order valence-electron chi connectivity index (χ3n) is 4.08. The maximum absolute atomic E-state index is 13.0. The summed E-state index contributed by atoms with van der Waals surface area (Å²) >= 11 is 1.07. The number of furan rings is 1. The van der Waals surface area contributed by atoms with Crippen LogP contribution in [0.2, 0.25) is 0 Å². The number of hydrogen-bond donors (Lipinski definition) is 1.